The summed E-state index contributed by atoms with van der Waals surface area (Å²) in [6, 6.07) is 5.51. The Hall–Kier alpha value is -1.72. The van der Waals surface area contributed by atoms with E-state index in [-0.39, 0.29) is 6.04 Å². The topological polar surface area (TPSA) is 62.3 Å². The predicted octanol–water partition coefficient (Wildman–Crippen LogP) is 2.51. The molecular weight excluding hydrogens is 290 g/mol. The second kappa shape index (κ2) is 7.33. The molecule has 2 rings (SSSR count). The molecule has 21 heavy (non-hydrogen) atoms. The fraction of sp³-hybridized carbons (Fsp3) is 0.400. The molecule has 1 aromatic carbocycles. The third-order valence-electron chi connectivity index (χ3n) is 2.98. The monoisotopic (exact) mass is 309 g/mol. The van der Waals surface area contributed by atoms with Crippen molar-refractivity contribution >= 4 is 11.6 Å². The summed E-state index contributed by atoms with van der Waals surface area (Å²) in [4.78, 5) is 0. The first kappa shape index (κ1) is 15.7. The SMILES string of the molecule is COc1cc(Cl)cc(CC(C)N)c1OCCn1cccn1. The molecule has 0 saturated heterocycles. The molecule has 0 bridgehead atoms. The van der Waals surface area contributed by atoms with Crippen molar-refractivity contribution in [3.8, 4) is 11.5 Å². The molecule has 0 saturated carbocycles. The number of halogens is 1. The normalized spacial score (nSPS) is 12.2. The summed E-state index contributed by atoms with van der Waals surface area (Å²) in [6.45, 7) is 3.10. The first-order chi connectivity index (χ1) is 10.1. The maximum atomic E-state index is 6.11. The van der Waals surface area contributed by atoms with Gasteiger partial charge in [0.05, 0.1) is 13.7 Å². The zero-order valence-electron chi connectivity index (χ0n) is 12.3. The van der Waals surface area contributed by atoms with Crippen LogP contribution in [-0.4, -0.2) is 29.5 Å². The summed E-state index contributed by atoms with van der Waals surface area (Å²) in [7, 11) is 1.60. The molecule has 0 fully saturated rings. The van der Waals surface area contributed by atoms with Crippen molar-refractivity contribution in [1.82, 2.24) is 9.78 Å². The summed E-state index contributed by atoms with van der Waals surface area (Å²) in [6.07, 6.45) is 4.31. The Balaban J connectivity index is 2.14. The van der Waals surface area contributed by atoms with Crippen LogP contribution in [0.3, 0.4) is 0 Å². The first-order valence-corrected chi connectivity index (χ1v) is 7.20. The van der Waals surface area contributed by atoms with Crippen LogP contribution in [0, 0.1) is 0 Å². The fourth-order valence-corrected chi connectivity index (χ4v) is 2.34. The van der Waals surface area contributed by atoms with Crippen molar-refractivity contribution in [2.75, 3.05) is 13.7 Å². The lowest BCUT2D eigenvalue weighted by Gasteiger charge is -2.17. The Bertz CT molecular complexity index is 571. The van der Waals surface area contributed by atoms with E-state index in [1.54, 1.807) is 19.4 Å². The van der Waals surface area contributed by atoms with E-state index in [0.717, 1.165) is 5.56 Å². The van der Waals surface area contributed by atoms with Crippen LogP contribution in [0.1, 0.15) is 12.5 Å². The summed E-state index contributed by atoms with van der Waals surface area (Å²) >= 11 is 6.11. The number of nitrogens with two attached hydrogens (primary N) is 1. The Morgan fingerprint density at radius 1 is 1.43 bits per heavy atom. The molecule has 2 N–H and O–H groups in total. The summed E-state index contributed by atoms with van der Waals surface area (Å²) in [5, 5.41) is 4.75. The highest BCUT2D eigenvalue weighted by atomic mass is 35.5. The summed E-state index contributed by atoms with van der Waals surface area (Å²) in [5.74, 6) is 1.32. The van der Waals surface area contributed by atoms with E-state index in [0.29, 0.717) is 36.1 Å². The molecule has 1 unspecified atom stereocenters. The van der Waals surface area contributed by atoms with Gasteiger partial charge in [-0.1, -0.05) is 11.6 Å². The molecule has 0 radical (unpaired) electrons. The lowest BCUT2D eigenvalue weighted by molar-refractivity contribution is 0.271. The van der Waals surface area contributed by atoms with Crippen molar-refractivity contribution in [2.45, 2.75) is 25.9 Å². The van der Waals surface area contributed by atoms with Crippen LogP contribution in [0.15, 0.2) is 30.6 Å². The van der Waals surface area contributed by atoms with Gasteiger partial charge in [0.25, 0.3) is 0 Å². The van der Waals surface area contributed by atoms with Gasteiger partial charge in [0.2, 0.25) is 0 Å². The van der Waals surface area contributed by atoms with Crippen LogP contribution >= 0.6 is 11.6 Å². The number of methoxy groups -OCH3 is 1. The highest BCUT2D eigenvalue weighted by Crippen LogP contribution is 2.35. The number of hydrogen-bond donors (Lipinski definition) is 1. The molecule has 1 atom stereocenters. The lowest BCUT2D eigenvalue weighted by atomic mass is 10.1. The van der Waals surface area contributed by atoms with E-state index in [1.165, 1.54) is 0 Å². The summed E-state index contributed by atoms with van der Waals surface area (Å²) < 4.78 is 13.1. The maximum absolute atomic E-state index is 6.11. The fourth-order valence-electron chi connectivity index (χ4n) is 2.11. The van der Waals surface area contributed by atoms with Crippen LogP contribution in [0.5, 0.6) is 11.5 Å². The second-order valence-electron chi connectivity index (χ2n) is 4.90. The van der Waals surface area contributed by atoms with E-state index < -0.39 is 0 Å². The van der Waals surface area contributed by atoms with Crippen molar-refractivity contribution < 1.29 is 9.47 Å². The Morgan fingerprint density at radius 3 is 2.86 bits per heavy atom. The van der Waals surface area contributed by atoms with E-state index in [4.69, 9.17) is 26.8 Å². The Kier molecular flexibility index (Phi) is 5.47. The molecule has 0 aliphatic carbocycles. The molecule has 6 heteroatoms. The van der Waals surface area contributed by atoms with Gasteiger partial charge >= 0.3 is 0 Å². The van der Waals surface area contributed by atoms with Crippen LogP contribution in [0.4, 0.5) is 0 Å². The minimum atomic E-state index is 0.0154. The van der Waals surface area contributed by atoms with Gasteiger partial charge in [-0.3, -0.25) is 4.68 Å². The predicted molar refractivity (Wildman–Crippen MR) is 83.1 cm³/mol. The average Bonchev–Trinajstić information content (AvgIpc) is 2.93. The number of benzene rings is 1. The zero-order chi connectivity index (χ0) is 15.2. The van der Waals surface area contributed by atoms with Gasteiger partial charge in [0, 0.05) is 35.1 Å². The van der Waals surface area contributed by atoms with Crippen LogP contribution in [0.25, 0.3) is 0 Å². The van der Waals surface area contributed by atoms with E-state index >= 15 is 0 Å². The third kappa shape index (κ3) is 4.37. The van der Waals surface area contributed by atoms with Gasteiger partial charge in [0.15, 0.2) is 11.5 Å². The number of aromatic nitrogens is 2. The van der Waals surface area contributed by atoms with Crippen LogP contribution in [0.2, 0.25) is 5.02 Å². The van der Waals surface area contributed by atoms with Crippen LogP contribution < -0.4 is 15.2 Å². The van der Waals surface area contributed by atoms with Crippen molar-refractivity contribution in [3.05, 3.63) is 41.2 Å². The molecule has 0 amide bonds. The second-order valence-corrected chi connectivity index (χ2v) is 5.33. The molecule has 0 aliphatic rings. The van der Waals surface area contributed by atoms with E-state index in [2.05, 4.69) is 5.10 Å². The standard InChI is InChI=1S/C15H20ClN3O2/c1-11(17)8-12-9-13(16)10-14(20-2)15(12)21-7-6-19-5-3-4-18-19/h3-5,9-11H,6-8,17H2,1-2H3. The molecule has 114 valence electrons. The average molecular weight is 310 g/mol. The number of ether oxygens (including phenoxy) is 2. The number of hydrogen-bond acceptors (Lipinski definition) is 4. The Morgan fingerprint density at radius 2 is 2.24 bits per heavy atom. The smallest absolute Gasteiger partial charge is 0.164 e. The minimum Gasteiger partial charge on any atom is -0.493 e. The van der Waals surface area contributed by atoms with Crippen molar-refractivity contribution in [2.24, 2.45) is 5.73 Å². The number of rotatable bonds is 7. The summed E-state index contributed by atoms with van der Waals surface area (Å²) in [5.41, 5.74) is 6.84. The molecule has 2 aromatic rings. The van der Waals surface area contributed by atoms with Gasteiger partial charge in [-0.2, -0.15) is 5.10 Å². The highest BCUT2D eigenvalue weighted by Gasteiger charge is 2.14. The molecule has 0 aliphatic heterocycles. The van der Waals surface area contributed by atoms with Crippen molar-refractivity contribution in [3.63, 3.8) is 0 Å². The molecule has 1 aromatic heterocycles. The maximum Gasteiger partial charge on any atom is 0.164 e. The minimum absolute atomic E-state index is 0.0154. The van der Waals surface area contributed by atoms with Gasteiger partial charge < -0.3 is 15.2 Å². The first-order valence-electron chi connectivity index (χ1n) is 6.82. The zero-order valence-corrected chi connectivity index (χ0v) is 13.0. The van der Waals surface area contributed by atoms with Crippen LogP contribution in [-0.2, 0) is 13.0 Å². The van der Waals surface area contributed by atoms with E-state index in [1.807, 2.05) is 29.9 Å². The van der Waals surface area contributed by atoms with Crippen molar-refractivity contribution in [1.29, 1.82) is 0 Å². The molecule has 0 spiro atoms. The number of nitrogens with zero attached hydrogens (tertiary/aromatic N) is 2. The quantitative estimate of drug-likeness (QED) is 0.853. The van der Waals surface area contributed by atoms with Gasteiger partial charge in [0.1, 0.15) is 6.61 Å². The van der Waals surface area contributed by atoms with Gasteiger partial charge in [-0.05, 0) is 25.5 Å². The highest BCUT2D eigenvalue weighted by molar-refractivity contribution is 6.30. The lowest BCUT2D eigenvalue weighted by Crippen LogP contribution is -2.19. The van der Waals surface area contributed by atoms with Gasteiger partial charge in [-0.25, -0.2) is 0 Å². The Labute approximate surface area is 129 Å². The molecule has 1 heterocycles. The molecule has 5 nitrogen and oxygen atoms in total. The third-order valence-corrected chi connectivity index (χ3v) is 3.20. The van der Waals surface area contributed by atoms with Gasteiger partial charge in [-0.15, -0.1) is 0 Å². The van der Waals surface area contributed by atoms with E-state index in [9.17, 15) is 0 Å². The molecular formula is C15H20ClN3O2. The largest absolute Gasteiger partial charge is 0.493 e.